The summed E-state index contributed by atoms with van der Waals surface area (Å²) >= 11 is 0. The third kappa shape index (κ3) is 6.40. The van der Waals surface area contributed by atoms with Gasteiger partial charge in [-0.3, -0.25) is 0 Å². The first kappa shape index (κ1) is 18.5. The van der Waals surface area contributed by atoms with Gasteiger partial charge >= 0.3 is 0 Å². The average molecular weight is 294 g/mol. The number of hydrogen-bond acceptors (Lipinski definition) is 4. The molecule has 2 radical (unpaired) electrons. The summed E-state index contributed by atoms with van der Waals surface area (Å²) in [5, 5.41) is 0. The van der Waals surface area contributed by atoms with Crippen LogP contribution in [-0.2, 0) is 18.9 Å². The predicted molar refractivity (Wildman–Crippen MR) is 83.3 cm³/mol. The predicted octanol–water partition coefficient (Wildman–Crippen LogP) is 1.90. The van der Waals surface area contributed by atoms with Gasteiger partial charge in [0.15, 0.2) is 0 Å². The second-order valence-corrected chi connectivity index (χ2v) is 7.24. The molecule has 0 aromatic carbocycles. The molecule has 1 fully saturated rings. The normalized spacial score (nSPS) is 30.3. The fourth-order valence-electron chi connectivity index (χ4n) is 2.11. The van der Waals surface area contributed by atoms with Crippen LogP contribution in [-0.4, -0.2) is 56.6 Å². The van der Waals surface area contributed by atoms with Gasteiger partial charge in [0.2, 0.25) is 0 Å². The van der Waals surface area contributed by atoms with Crippen LogP contribution in [0.1, 0.15) is 41.5 Å². The van der Waals surface area contributed by atoms with Gasteiger partial charge in [-0.25, -0.2) is 0 Å². The molecule has 0 aliphatic carbocycles. The van der Waals surface area contributed by atoms with E-state index in [2.05, 4.69) is 5.92 Å². The molecule has 1 saturated heterocycles. The Hall–Kier alpha value is -0.535. The SMILES string of the molecule is [B][C@@H]1O[C@H](COC(C)(C)C)C(OC(C)(C)C)[C@@H]1OCC#C. The van der Waals surface area contributed by atoms with Crippen LogP contribution in [0.25, 0.3) is 0 Å². The maximum Gasteiger partial charge on any atom is 0.114 e. The highest BCUT2D eigenvalue weighted by Gasteiger charge is 2.45. The third-order valence-corrected chi connectivity index (χ3v) is 2.88. The highest BCUT2D eigenvalue weighted by molar-refractivity contribution is 6.11. The number of hydrogen-bond donors (Lipinski definition) is 0. The lowest BCUT2D eigenvalue weighted by Crippen LogP contribution is -2.44. The van der Waals surface area contributed by atoms with Gasteiger partial charge in [-0.2, -0.15) is 0 Å². The maximum atomic E-state index is 6.08. The van der Waals surface area contributed by atoms with E-state index in [4.69, 9.17) is 33.2 Å². The summed E-state index contributed by atoms with van der Waals surface area (Å²) in [4.78, 5) is 0. The minimum atomic E-state index is -0.570. The van der Waals surface area contributed by atoms with Crippen LogP contribution in [0.15, 0.2) is 0 Å². The second-order valence-electron chi connectivity index (χ2n) is 7.24. The van der Waals surface area contributed by atoms with E-state index in [0.717, 1.165) is 0 Å². The van der Waals surface area contributed by atoms with Crippen molar-refractivity contribution in [2.45, 2.75) is 77.1 Å². The zero-order chi connectivity index (χ0) is 16.3. The standard InChI is InChI=1S/C16H27BO4/c1-8-9-18-13-12(21-16(5,6)7)11(20-14(13)17)10-19-15(2,3)4/h1,11-14H,9-10H2,2-7H3/t11-,12?,13+,14-/m1/s1. The van der Waals surface area contributed by atoms with Crippen molar-refractivity contribution < 1.29 is 18.9 Å². The van der Waals surface area contributed by atoms with Crippen LogP contribution in [0.5, 0.6) is 0 Å². The Labute approximate surface area is 130 Å². The molecule has 21 heavy (non-hydrogen) atoms. The Morgan fingerprint density at radius 3 is 2.19 bits per heavy atom. The molecule has 0 amide bonds. The van der Waals surface area contributed by atoms with E-state index in [1.165, 1.54) is 0 Å². The third-order valence-electron chi connectivity index (χ3n) is 2.88. The van der Waals surface area contributed by atoms with Gasteiger partial charge in [0.1, 0.15) is 32.8 Å². The lowest BCUT2D eigenvalue weighted by Gasteiger charge is -2.32. The monoisotopic (exact) mass is 294 g/mol. The summed E-state index contributed by atoms with van der Waals surface area (Å²) in [6.07, 6.45) is 4.27. The maximum absolute atomic E-state index is 6.08. The van der Waals surface area contributed by atoms with Gasteiger partial charge in [-0.1, -0.05) is 5.92 Å². The molecule has 0 aromatic heterocycles. The van der Waals surface area contributed by atoms with Gasteiger partial charge in [0.05, 0.1) is 17.8 Å². The van der Waals surface area contributed by atoms with E-state index in [-0.39, 0.29) is 30.0 Å². The number of rotatable bonds is 5. The minimum Gasteiger partial charge on any atom is -0.377 e. The van der Waals surface area contributed by atoms with Gasteiger partial charge < -0.3 is 18.9 Å². The molecule has 1 rings (SSSR count). The molecule has 0 saturated carbocycles. The van der Waals surface area contributed by atoms with E-state index in [1.54, 1.807) is 0 Å². The molecule has 1 aliphatic heterocycles. The Morgan fingerprint density at radius 1 is 1.10 bits per heavy atom. The summed E-state index contributed by atoms with van der Waals surface area (Å²) in [6, 6.07) is -0.570. The number of terminal acetylenes is 1. The summed E-state index contributed by atoms with van der Waals surface area (Å²) in [5.74, 6) is 2.45. The molecule has 4 atom stereocenters. The Morgan fingerprint density at radius 2 is 1.71 bits per heavy atom. The lowest BCUT2D eigenvalue weighted by atomic mass is 9.92. The van der Waals surface area contributed by atoms with Crippen molar-refractivity contribution in [3.05, 3.63) is 0 Å². The zero-order valence-corrected chi connectivity index (χ0v) is 14.0. The van der Waals surface area contributed by atoms with Crippen molar-refractivity contribution in [3.63, 3.8) is 0 Å². The van der Waals surface area contributed by atoms with Crippen molar-refractivity contribution >= 4 is 7.85 Å². The molecule has 0 spiro atoms. The molecule has 0 aromatic rings. The molecule has 1 unspecified atom stereocenters. The van der Waals surface area contributed by atoms with E-state index >= 15 is 0 Å². The summed E-state index contributed by atoms with van der Waals surface area (Å²) in [5.41, 5.74) is -0.590. The molecule has 4 nitrogen and oxygen atoms in total. The van der Waals surface area contributed by atoms with Crippen molar-refractivity contribution in [2.24, 2.45) is 0 Å². The summed E-state index contributed by atoms with van der Waals surface area (Å²) < 4.78 is 23.3. The van der Waals surface area contributed by atoms with Crippen molar-refractivity contribution in [2.75, 3.05) is 13.2 Å². The highest BCUT2D eigenvalue weighted by Crippen LogP contribution is 2.29. The van der Waals surface area contributed by atoms with Crippen molar-refractivity contribution in [1.82, 2.24) is 0 Å². The fraction of sp³-hybridized carbons (Fsp3) is 0.875. The van der Waals surface area contributed by atoms with Crippen LogP contribution in [0.3, 0.4) is 0 Å². The van der Waals surface area contributed by atoms with Crippen LogP contribution >= 0.6 is 0 Å². The van der Waals surface area contributed by atoms with Crippen LogP contribution in [0.4, 0.5) is 0 Å². The summed E-state index contributed by atoms with van der Waals surface area (Å²) in [6.45, 7) is 12.5. The molecule has 0 bridgehead atoms. The Balaban J connectivity index is 2.78. The van der Waals surface area contributed by atoms with Gasteiger partial charge in [-0.05, 0) is 41.5 Å². The van der Waals surface area contributed by atoms with Crippen molar-refractivity contribution in [1.29, 1.82) is 0 Å². The van der Waals surface area contributed by atoms with Gasteiger partial charge in [-0.15, -0.1) is 6.42 Å². The van der Waals surface area contributed by atoms with E-state index in [9.17, 15) is 0 Å². The first-order valence-corrected chi connectivity index (χ1v) is 7.31. The number of ether oxygens (including phenoxy) is 4. The molecule has 5 heteroatoms. The van der Waals surface area contributed by atoms with Gasteiger partial charge in [0, 0.05) is 6.00 Å². The molecule has 1 aliphatic rings. The van der Waals surface area contributed by atoms with Crippen LogP contribution in [0.2, 0.25) is 0 Å². The quantitative estimate of drug-likeness (QED) is 0.573. The van der Waals surface area contributed by atoms with Crippen LogP contribution < -0.4 is 0 Å². The van der Waals surface area contributed by atoms with Crippen molar-refractivity contribution in [3.8, 4) is 12.3 Å². The first-order valence-electron chi connectivity index (χ1n) is 7.31. The average Bonchev–Trinajstić information content (AvgIpc) is 2.58. The minimum absolute atomic E-state index is 0.179. The Bertz CT molecular complexity index is 364. The van der Waals surface area contributed by atoms with Gasteiger partial charge in [0.25, 0.3) is 0 Å². The molecule has 118 valence electrons. The van der Waals surface area contributed by atoms with E-state index < -0.39 is 12.1 Å². The summed E-state index contributed by atoms with van der Waals surface area (Å²) in [7, 11) is 6.01. The lowest BCUT2D eigenvalue weighted by molar-refractivity contribution is -0.142. The zero-order valence-electron chi connectivity index (χ0n) is 14.0. The fourth-order valence-corrected chi connectivity index (χ4v) is 2.11. The topological polar surface area (TPSA) is 36.9 Å². The largest absolute Gasteiger partial charge is 0.377 e. The molecular formula is C16H27BO4. The molecular weight excluding hydrogens is 267 g/mol. The smallest absolute Gasteiger partial charge is 0.114 e. The molecule has 0 N–H and O–H groups in total. The molecule has 1 heterocycles. The van der Waals surface area contributed by atoms with E-state index in [0.29, 0.717) is 6.61 Å². The Kier molecular flexibility index (Phi) is 6.30. The highest BCUT2D eigenvalue weighted by atomic mass is 16.6. The first-order chi connectivity index (χ1) is 9.53. The van der Waals surface area contributed by atoms with E-state index in [1.807, 2.05) is 41.5 Å². The second kappa shape index (κ2) is 7.15. The van der Waals surface area contributed by atoms with Crippen LogP contribution in [0, 0.1) is 12.3 Å².